The third-order valence-corrected chi connectivity index (χ3v) is 2.90. The van der Waals surface area contributed by atoms with E-state index in [-0.39, 0.29) is 13.2 Å². The maximum atomic E-state index is 11.7. The number of para-hydroxylation sites is 1. The molecule has 1 N–H and O–H groups in total. The number of rotatable bonds is 7. The van der Waals surface area contributed by atoms with Crippen molar-refractivity contribution in [3.05, 3.63) is 46.3 Å². The Morgan fingerprint density at radius 3 is 2.88 bits per heavy atom. The van der Waals surface area contributed by atoms with Crippen molar-refractivity contribution in [2.24, 2.45) is 5.10 Å². The van der Waals surface area contributed by atoms with Gasteiger partial charge < -0.3 is 14.9 Å². The van der Waals surface area contributed by atoms with Gasteiger partial charge in [-0.3, -0.25) is 4.79 Å². The van der Waals surface area contributed by atoms with Crippen LogP contribution in [0.5, 0.6) is 5.75 Å². The van der Waals surface area contributed by atoms with E-state index >= 15 is 0 Å². The number of hydrogen-bond acceptors (Lipinski definition) is 7. The average molecular weight is 332 g/mol. The van der Waals surface area contributed by atoms with Gasteiger partial charge in [0.15, 0.2) is 6.61 Å². The first kappa shape index (κ1) is 17.1. The van der Waals surface area contributed by atoms with E-state index in [1.807, 2.05) is 25.1 Å². The highest BCUT2D eigenvalue weighted by molar-refractivity contribution is 5.84. The average Bonchev–Trinajstić information content (AvgIpc) is 3.01. The smallest absolute Gasteiger partial charge is 0.483 e. The minimum absolute atomic E-state index is 0.166. The number of nitro groups is 1. The molecule has 1 aromatic heterocycles. The predicted octanol–water partition coefficient (Wildman–Crippen LogP) is 1.07. The van der Waals surface area contributed by atoms with E-state index in [1.54, 1.807) is 13.0 Å². The molecule has 2 aromatic rings. The second-order valence-electron chi connectivity index (χ2n) is 4.94. The van der Waals surface area contributed by atoms with Crippen molar-refractivity contribution in [2.75, 3.05) is 6.61 Å². The number of benzene rings is 1. The van der Waals surface area contributed by atoms with Crippen LogP contribution in [0.2, 0.25) is 0 Å². The van der Waals surface area contributed by atoms with Crippen molar-refractivity contribution in [2.45, 2.75) is 20.4 Å². The monoisotopic (exact) mass is 332 g/mol. The standard InChI is InChI=1S/C14H16N6O4/c1-10-5-3-4-6-12(10)24-8-13(21)17-16-11(2)7-19-9-15-14(18-19)20(22)23/h3-6,9H,7-8H2,1-2H3,(H,17,21)/b16-11+. The van der Waals surface area contributed by atoms with Crippen LogP contribution in [-0.4, -0.2) is 37.9 Å². The summed E-state index contributed by atoms with van der Waals surface area (Å²) in [6.45, 7) is 3.53. The summed E-state index contributed by atoms with van der Waals surface area (Å²) in [6, 6.07) is 7.35. The van der Waals surface area contributed by atoms with Crippen molar-refractivity contribution >= 4 is 17.6 Å². The summed E-state index contributed by atoms with van der Waals surface area (Å²) in [5.41, 5.74) is 3.78. The quantitative estimate of drug-likeness (QED) is 0.459. The number of aromatic nitrogens is 3. The Morgan fingerprint density at radius 2 is 2.21 bits per heavy atom. The lowest BCUT2D eigenvalue weighted by molar-refractivity contribution is -0.394. The van der Waals surface area contributed by atoms with Crippen molar-refractivity contribution in [1.82, 2.24) is 20.2 Å². The second-order valence-corrected chi connectivity index (χ2v) is 4.94. The Bertz CT molecular complexity index is 770. The number of nitrogens with zero attached hydrogens (tertiary/aromatic N) is 5. The molecule has 10 heteroatoms. The maximum Gasteiger partial charge on any atom is 0.490 e. The first-order valence-electron chi connectivity index (χ1n) is 7.00. The number of ether oxygens (including phenoxy) is 1. The molecule has 0 radical (unpaired) electrons. The number of hydrazone groups is 1. The van der Waals surface area contributed by atoms with Gasteiger partial charge in [0.25, 0.3) is 5.91 Å². The molecule has 0 aliphatic carbocycles. The molecule has 2 rings (SSSR count). The van der Waals surface area contributed by atoms with E-state index in [9.17, 15) is 14.9 Å². The van der Waals surface area contributed by atoms with Crippen molar-refractivity contribution < 1.29 is 14.5 Å². The highest BCUT2D eigenvalue weighted by Gasteiger charge is 2.13. The summed E-state index contributed by atoms with van der Waals surface area (Å²) in [4.78, 5) is 25.0. The normalized spacial score (nSPS) is 11.2. The Kier molecular flexibility index (Phi) is 5.55. The van der Waals surface area contributed by atoms with Crippen LogP contribution >= 0.6 is 0 Å². The lowest BCUT2D eigenvalue weighted by atomic mass is 10.2. The summed E-state index contributed by atoms with van der Waals surface area (Å²) in [5.74, 6) is -0.274. The van der Waals surface area contributed by atoms with Gasteiger partial charge >= 0.3 is 5.95 Å². The fourth-order valence-corrected chi connectivity index (χ4v) is 1.77. The summed E-state index contributed by atoms with van der Waals surface area (Å²) in [6.07, 6.45) is 1.22. The lowest BCUT2D eigenvalue weighted by Gasteiger charge is -2.07. The zero-order valence-electron chi connectivity index (χ0n) is 13.2. The van der Waals surface area contributed by atoms with Gasteiger partial charge in [0.05, 0.1) is 12.3 Å². The molecule has 0 fully saturated rings. The number of aryl methyl sites for hydroxylation is 1. The van der Waals surface area contributed by atoms with Gasteiger partial charge in [-0.15, -0.1) is 0 Å². The first-order valence-corrected chi connectivity index (χ1v) is 7.00. The molecule has 10 nitrogen and oxygen atoms in total. The number of carbonyl (C=O) groups excluding carboxylic acids is 1. The molecule has 1 heterocycles. The first-order chi connectivity index (χ1) is 11.5. The van der Waals surface area contributed by atoms with Crippen LogP contribution in [0.3, 0.4) is 0 Å². The molecule has 0 atom stereocenters. The molecular formula is C14H16N6O4. The van der Waals surface area contributed by atoms with Crippen LogP contribution in [0.15, 0.2) is 35.7 Å². The molecule has 0 saturated carbocycles. The zero-order chi connectivity index (χ0) is 17.5. The largest absolute Gasteiger partial charge is 0.490 e. The Morgan fingerprint density at radius 1 is 1.46 bits per heavy atom. The van der Waals surface area contributed by atoms with Crippen LogP contribution in [-0.2, 0) is 11.3 Å². The molecule has 24 heavy (non-hydrogen) atoms. The van der Waals surface area contributed by atoms with E-state index in [0.29, 0.717) is 11.5 Å². The minimum atomic E-state index is -0.687. The predicted molar refractivity (Wildman–Crippen MR) is 84.6 cm³/mol. The fourth-order valence-electron chi connectivity index (χ4n) is 1.77. The zero-order valence-corrected chi connectivity index (χ0v) is 13.2. The topological polar surface area (TPSA) is 125 Å². The molecule has 0 spiro atoms. The van der Waals surface area contributed by atoms with Gasteiger partial charge in [-0.05, 0) is 30.4 Å². The maximum absolute atomic E-state index is 11.7. The summed E-state index contributed by atoms with van der Waals surface area (Å²) < 4.78 is 6.65. The molecule has 0 saturated heterocycles. The number of hydrogen-bond donors (Lipinski definition) is 1. The molecule has 126 valence electrons. The highest BCUT2D eigenvalue weighted by Crippen LogP contribution is 2.15. The summed E-state index contributed by atoms with van der Waals surface area (Å²) in [5, 5.41) is 18.0. The van der Waals surface area contributed by atoms with Crippen molar-refractivity contribution in [1.29, 1.82) is 0 Å². The van der Waals surface area contributed by atoms with Gasteiger partial charge in [-0.2, -0.15) is 9.78 Å². The second kappa shape index (κ2) is 7.81. The third-order valence-electron chi connectivity index (χ3n) is 2.90. The molecule has 1 amide bonds. The van der Waals surface area contributed by atoms with E-state index in [4.69, 9.17) is 4.74 Å². The van der Waals surface area contributed by atoms with Crippen LogP contribution in [0, 0.1) is 17.0 Å². The molecular weight excluding hydrogens is 316 g/mol. The summed E-state index contributed by atoms with van der Waals surface area (Å²) >= 11 is 0. The van der Waals surface area contributed by atoms with Crippen LogP contribution in [0.25, 0.3) is 0 Å². The fraction of sp³-hybridized carbons (Fsp3) is 0.286. The highest BCUT2D eigenvalue weighted by atomic mass is 16.6. The third kappa shape index (κ3) is 4.87. The van der Waals surface area contributed by atoms with Gasteiger partial charge in [-0.25, -0.2) is 5.43 Å². The van der Waals surface area contributed by atoms with Crippen LogP contribution in [0.4, 0.5) is 5.95 Å². The SMILES string of the molecule is C/C(Cn1cnc([N+](=O)[O-])n1)=N\NC(=O)COc1ccccc1C. The van der Waals surface area contributed by atoms with Crippen LogP contribution < -0.4 is 10.2 Å². The molecule has 0 aliphatic heterocycles. The number of nitrogens with one attached hydrogen (secondary N) is 1. The van der Waals surface area contributed by atoms with E-state index < -0.39 is 16.8 Å². The minimum Gasteiger partial charge on any atom is -0.483 e. The molecule has 0 aliphatic rings. The van der Waals surface area contributed by atoms with Crippen molar-refractivity contribution in [3.63, 3.8) is 0 Å². The lowest BCUT2D eigenvalue weighted by Crippen LogP contribution is -2.26. The Balaban J connectivity index is 1.81. The Hall–Kier alpha value is -3.30. The van der Waals surface area contributed by atoms with Gasteiger partial charge in [0.2, 0.25) is 6.33 Å². The Labute approximate surface area is 137 Å². The van der Waals surface area contributed by atoms with Gasteiger partial charge in [-0.1, -0.05) is 23.2 Å². The van der Waals surface area contributed by atoms with E-state index in [2.05, 4.69) is 20.6 Å². The molecule has 0 bridgehead atoms. The van der Waals surface area contributed by atoms with E-state index in [0.717, 1.165) is 5.56 Å². The number of amides is 1. The van der Waals surface area contributed by atoms with Gasteiger partial charge in [0.1, 0.15) is 5.75 Å². The van der Waals surface area contributed by atoms with Crippen LogP contribution in [0.1, 0.15) is 12.5 Å². The van der Waals surface area contributed by atoms with Crippen molar-refractivity contribution in [3.8, 4) is 5.75 Å². The van der Waals surface area contributed by atoms with E-state index in [1.165, 1.54) is 11.0 Å². The molecule has 0 unspecified atom stereocenters. The van der Waals surface area contributed by atoms with Gasteiger partial charge in [0, 0.05) is 5.10 Å². The number of carbonyl (C=O) groups is 1. The molecule has 1 aromatic carbocycles. The summed E-state index contributed by atoms with van der Waals surface area (Å²) in [7, 11) is 0.